The molecule has 1 atom stereocenters. The summed E-state index contributed by atoms with van der Waals surface area (Å²) in [4.78, 5) is 1.76. The molecule has 1 saturated heterocycles. The summed E-state index contributed by atoms with van der Waals surface area (Å²) in [6, 6.07) is 2.64. The van der Waals surface area contributed by atoms with Gasteiger partial charge < -0.3 is 10.6 Å². The lowest BCUT2D eigenvalue weighted by molar-refractivity contribution is -0.127. The number of halogens is 4. The van der Waals surface area contributed by atoms with E-state index >= 15 is 0 Å². The predicted molar refractivity (Wildman–Crippen MR) is 79.3 cm³/mol. The molecule has 0 saturated carbocycles. The summed E-state index contributed by atoms with van der Waals surface area (Å²) in [5.41, 5.74) is 5.94. The van der Waals surface area contributed by atoms with Crippen LogP contribution in [0.15, 0.2) is 12.1 Å². The van der Waals surface area contributed by atoms with E-state index in [9.17, 15) is 17.6 Å². The van der Waals surface area contributed by atoms with Crippen LogP contribution in [0.3, 0.4) is 0 Å². The van der Waals surface area contributed by atoms with E-state index in [-0.39, 0.29) is 17.8 Å². The van der Waals surface area contributed by atoms with Crippen molar-refractivity contribution in [3.63, 3.8) is 0 Å². The van der Waals surface area contributed by atoms with E-state index in [1.54, 1.807) is 4.90 Å². The number of hydrogen-bond donors (Lipinski definition) is 1. The first-order chi connectivity index (χ1) is 10.3. The maximum absolute atomic E-state index is 14.4. The van der Waals surface area contributed by atoms with Gasteiger partial charge in [-0.25, -0.2) is 4.39 Å². The Kier molecular flexibility index (Phi) is 5.32. The third kappa shape index (κ3) is 4.35. The molecule has 0 bridgehead atoms. The zero-order chi connectivity index (χ0) is 16.3. The van der Waals surface area contributed by atoms with Gasteiger partial charge in [-0.2, -0.15) is 13.2 Å². The Balaban J connectivity index is 2.39. The number of nitrogens with zero attached hydrogens (tertiary/aromatic N) is 1. The minimum Gasteiger partial charge on any atom is -0.369 e. The van der Waals surface area contributed by atoms with Gasteiger partial charge in [-0.3, -0.25) is 0 Å². The zero-order valence-corrected chi connectivity index (χ0v) is 12.7. The maximum Gasteiger partial charge on any atom is 0.393 e. The fourth-order valence-corrected chi connectivity index (χ4v) is 3.03. The summed E-state index contributed by atoms with van der Waals surface area (Å²) in [7, 11) is 0. The summed E-state index contributed by atoms with van der Waals surface area (Å²) in [6.45, 7) is 3.33. The Hall–Kier alpha value is -1.30. The highest BCUT2D eigenvalue weighted by Gasteiger charge is 2.31. The molecule has 2 N–H and O–H groups in total. The van der Waals surface area contributed by atoms with Crippen LogP contribution in [0.4, 0.5) is 23.2 Å². The van der Waals surface area contributed by atoms with Crippen LogP contribution in [-0.4, -0.2) is 19.3 Å². The lowest BCUT2D eigenvalue weighted by atomic mass is 10.0. The Morgan fingerprint density at radius 1 is 1.23 bits per heavy atom. The van der Waals surface area contributed by atoms with Crippen LogP contribution >= 0.6 is 0 Å². The lowest BCUT2D eigenvalue weighted by Crippen LogP contribution is -2.28. The van der Waals surface area contributed by atoms with E-state index in [0.29, 0.717) is 24.6 Å². The first-order valence-electron chi connectivity index (χ1n) is 7.63. The Bertz CT molecular complexity index is 514. The standard InChI is InChI=1S/C16H22F4N2/c1-11-3-2-5-22(6-4-11)15-13(9-16(18,19)20)7-12(10-21)8-14(15)17/h7-8,11H,2-6,9-10,21H2,1H3. The molecule has 1 aromatic rings. The van der Waals surface area contributed by atoms with E-state index in [1.807, 2.05) is 0 Å². The number of hydrogen-bond acceptors (Lipinski definition) is 2. The fourth-order valence-electron chi connectivity index (χ4n) is 3.03. The molecule has 2 rings (SSSR count). The van der Waals surface area contributed by atoms with Gasteiger partial charge in [0, 0.05) is 19.6 Å². The maximum atomic E-state index is 14.4. The quantitative estimate of drug-likeness (QED) is 0.853. The highest BCUT2D eigenvalue weighted by atomic mass is 19.4. The average molecular weight is 318 g/mol. The highest BCUT2D eigenvalue weighted by molar-refractivity contribution is 5.57. The van der Waals surface area contributed by atoms with Crippen molar-refractivity contribution in [3.8, 4) is 0 Å². The average Bonchev–Trinajstić information content (AvgIpc) is 2.61. The van der Waals surface area contributed by atoms with Crippen molar-refractivity contribution >= 4 is 5.69 Å². The van der Waals surface area contributed by atoms with E-state index in [1.165, 1.54) is 12.1 Å². The van der Waals surface area contributed by atoms with E-state index in [2.05, 4.69) is 6.92 Å². The van der Waals surface area contributed by atoms with Crippen molar-refractivity contribution in [2.45, 2.75) is 45.3 Å². The minimum absolute atomic E-state index is 0.0116. The van der Waals surface area contributed by atoms with Crippen LogP contribution in [0.5, 0.6) is 0 Å². The second kappa shape index (κ2) is 6.86. The lowest BCUT2D eigenvalue weighted by Gasteiger charge is -2.27. The van der Waals surface area contributed by atoms with Gasteiger partial charge in [-0.15, -0.1) is 0 Å². The van der Waals surface area contributed by atoms with Crippen LogP contribution in [-0.2, 0) is 13.0 Å². The van der Waals surface area contributed by atoms with Crippen molar-refractivity contribution in [2.24, 2.45) is 11.7 Å². The van der Waals surface area contributed by atoms with Crippen molar-refractivity contribution in [1.29, 1.82) is 0 Å². The molecule has 0 amide bonds. The molecular formula is C16H22F4N2. The molecule has 0 aromatic heterocycles. The van der Waals surface area contributed by atoms with Crippen molar-refractivity contribution in [3.05, 3.63) is 29.1 Å². The first-order valence-corrected chi connectivity index (χ1v) is 7.63. The van der Waals surface area contributed by atoms with Gasteiger partial charge in [0.1, 0.15) is 5.82 Å². The van der Waals surface area contributed by atoms with Gasteiger partial charge in [0.25, 0.3) is 0 Å². The summed E-state index contributed by atoms with van der Waals surface area (Å²) >= 11 is 0. The molecule has 1 aromatic carbocycles. The van der Waals surface area contributed by atoms with Gasteiger partial charge in [0.15, 0.2) is 0 Å². The molecule has 124 valence electrons. The first kappa shape index (κ1) is 17.1. The van der Waals surface area contributed by atoms with Gasteiger partial charge >= 0.3 is 6.18 Å². The molecule has 22 heavy (non-hydrogen) atoms. The van der Waals surface area contributed by atoms with Crippen molar-refractivity contribution < 1.29 is 17.6 Å². The fraction of sp³-hybridized carbons (Fsp3) is 0.625. The molecule has 1 aliphatic heterocycles. The molecule has 1 aliphatic rings. The predicted octanol–water partition coefficient (Wildman–Crippen LogP) is 4.02. The van der Waals surface area contributed by atoms with Crippen LogP contribution in [0.2, 0.25) is 0 Å². The van der Waals surface area contributed by atoms with Crippen LogP contribution in [0, 0.1) is 11.7 Å². The third-order valence-corrected chi connectivity index (χ3v) is 4.16. The molecule has 1 unspecified atom stereocenters. The second-order valence-electron chi connectivity index (χ2n) is 6.10. The van der Waals surface area contributed by atoms with Gasteiger partial charge in [-0.05, 0) is 42.4 Å². The molecule has 6 heteroatoms. The van der Waals surface area contributed by atoms with E-state index in [0.717, 1.165) is 19.3 Å². The number of benzene rings is 1. The summed E-state index contributed by atoms with van der Waals surface area (Å²) < 4.78 is 52.9. The summed E-state index contributed by atoms with van der Waals surface area (Å²) in [5.74, 6) is -0.0841. The van der Waals surface area contributed by atoms with Gasteiger partial charge in [0.2, 0.25) is 0 Å². The monoisotopic (exact) mass is 318 g/mol. The largest absolute Gasteiger partial charge is 0.393 e. The Labute approximate surface area is 128 Å². The number of rotatable bonds is 3. The molecule has 0 radical (unpaired) electrons. The SMILES string of the molecule is CC1CCCN(c2c(F)cc(CN)cc2CC(F)(F)F)CC1. The van der Waals surface area contributed by atoms with E-state index < -0.39 is 18.4 Å². The third-order valence-electron chi connectivity index (χ3n) is 4.16. The molecular weight excluding hydrogens is 296 g/mol. The summed E-state index contributed by atoms with van der Waals surface area (Å²) in [6.07, 6.45) is -2.74. The second-order valence-corrected chi connectivity index (χ2v) is 6.10. The Morgan fingerprint density at radius 3 is 2.59 bits per heavy atom. The van der Waals surface area contributed by atoms with Gasteiger partial charge in [0.05, 0.1) is 12.1 Å². The number of nitrogens with two attached hydrogens (primary N) is 1. The van der Waals surface area contributed by atoms with Crippen LogP contribution in [0.25, 0.3) is 0 Å². The van der Waals surface area contributed by atoms with Crippen LogP contribution in [0.1, 0.15) is 37.3 Å². The number of alkyl halides is 3. The van der Waals surface area contributed by atoms with Crippen molar-refractivity contribution in [2.75, 3.05) is 18.0 Å². The van der Waals surface area contributed by atoms with Gasteiger partial charge in [-0.1, -0.05) is 13.0 Å². The molecule has 2 nitrogen and oxygen atoms in total. The normalized spacial score (nSPS) is 20.1. The van der Waals surface area contributed by atoms with Crippen molar-refractivity contribution in [1.82, 2.24) is 0 Å². The summed E-state index contributed by atoms with van der Waals surface area (Å²) in [5, 5.41) is 0. The molecule has 0 aliphatic carbocycles. The van der Waals surface area contributed by atoms with Crippen LogP contribution < -0.4 is 10.6 Å². The number of anilines is 1. The molecule has 1 heterocycles. The smallest absolute Gasteiger partial charge is 0.369 e. The minimum atomic E-state index is -4.37. The Morgan fingerprint density at radius 2 is 1.95 bits per heavy atom. The topological polar surface area (TPSA) is 29.3 Å². The highest BCUT2D eigenvalue weighted by Crippen LogP contribution is 2.33. The van der Waals surface area contributed by atoms with E-state index in [4.69, 9.17) is 5.73 Å². The molecule has 0 spiro atoms. The zero-order valence-electron chi connectivity index (χ0n) is 12.7. The molecule has 1 fully saturated rings.